The Hall–Kier alpha value is -2.12. The average molecular weight is 304 g/mol. The minimum absolute atomic E-state index is 0.594. The quantitative estimate of drug-likeness (QED) is 0.518. The minimum Gasteiger partial charge on any atom is -0.481 e. The summed E-state index contributed by atoms with van der Waals surface area (Å²) in [6.45, 7) is 4.67. The molecular weight excluding hydrogens is 284 g/mol. The van der Waals surface area contributed by atoms with Gasteiger partial charge in [-0.25, -0.2) is 0 Å². The lowest BCUT2D eigenvalue weighted by Gasteiger charge is -2.33. The van der Waals surface area contributed by atoms with Crippen molar-refractivity contribution in [1.82, 2.24) is 0 Å². The van der Waals surface area contributed by atoms with Crippen LogP contribution in [0.4, 0.5) is 0 Å². The monoisotopic (exact) mass is 304 g/mol. The molecule has 0 heterocycles. The molecule has 0 saturated carbocycles. The molecular formula is C13H20O8. The second-order valence-corrected chi connectivity index (χ2v) is 6.07. The zero-order valence-electron chi connectivity index (χ0n) is 12.3. The number of aliphatic carboxylic acids is 4. The number of carboxylic acids is 4. The lowest BCUT2D eigenvalue weighted by atomic mass is 9.68. The molecule has 21 heavy (non-hydrogen) atoms. The first-order valence-corrected chi connectivity index (χ1v) is 6.18. The summed E-state index contributed by atoms with van der Waals surface area (Å²) < 4.78 is 0. The molecule has 0 radical (unpaired) electrons. The Balaban J connectivity index is 5.69. The normalized spacial score (nSPS) is 15.0. The zero-order chi connectivity index (χ0) is 17.2. The van der Waals surface area contributed by atoms with Crippen LogP contribution in [0.25, 0.3) is 0 Å². The van der Waals surface area contributed by atoms with Gasteiger partial charge in [0.05, 0.1) is 22.7 Å². The highest BCUT2D eigenvalue weighted by molar-refractivity contribution is 5.85. The Morgan fingerprint density at radius 2 is 0.952 bits per heavy atom. The van der Waals surface area contributed by atoms with Gasteiger partial charge in [-0.1, -0.05) is 0 Å². The van der Waals surface area contributed by atoms with Crippen molar-refractivity contribution in [3.63, 3.8) is 0 Å². The maximum absolute atomic E-state index is 11.3. The molecule has 4 N–H and O–H groups in total. The van der Waals surface area contributed by atoms with Gasteiger partial charge in [0, 0.05) is 0 Å². The van der Waals surface area contributed by atoms with Crippen LogP contribution in [-0.4, -0.2) is 44.3 Å². The van der Waals surface area contributed by atoms with Gasteiger partial charge in [-0.3, -0.25) is 19.2 Å². The maximum Gasteiger partial charge on any atom is 0.309 e. The molecule has 0 aromatic rings. The summed E-state index contributed by atoms with van der Waals surface area (Å²) in [5.74, 6) is -8.81. The van der Waals surface area contributed by atoms with E-state index in [0.717, 1.165) is 0 Å². The van der Waals surface area contributed by atoms with Gasteiger partial charge >= 0.3 is 23.9 Å². The van der Waals surface area contributed by atoms with E-state index in [1.165, 1.54) is 27.7 Å². The van der Waals surface area contributed by atoms with Gasteiger partial charge < -0.3 is 20.4 Å². The molecule has 0 amide bonds. The van der Waals surface area contributed by atoms with E-state index in [1.807, 2.05) is 0 Å². The van der Waals surface area contributed by atoms with Crippen molar-refractivity contribution < 1.29 is 39.6 Å². The van der Waals surface area contributed by atoms with Crippen molar-refractivity contribution in [2.45, 2.75) is 34.1 Å². The highest BCUT2D eigenvalue weighted by Crippen LogP contribution is 2.39. The van der Waals surface area contributed by atoms with Crippen LogP contribution in [-0.2, 0) is 19.2 Å². The highest BCUT2D eigenvalue weighted by atomic mass is 16.4. The van der Waals surface area contributed by atoms with Crippen molar-refractivity contribution in [3.8, 4) is 0 Å². The van der Waals surface area contributed by atoms with Crippen molar-refractivity contribution in [2.75, 3.05) is 0 Å². The van der Waals surface area contributed by atoms with Gasteiger partial charge in [0.25, 0.3) is 0 Å². The van der Waals surface area contributed by atoms with Crippen LogP contribution in [0.1, 0.15) is 34.1 Å². The summed E-state index contributed by atoms with van der Waals surface area (Å²) in [5, 5.41) is 36.6. The van der Waals surface area contributed by atoms with E-state index in [-0.39, 0.29) is 0 Å². The summed E-state index contributed by atoms with van der Waals surface area (Å²) in [4.78, 5) is 45.0. The van der Waals surface area contributed by atoms with E-state index in [1.54, 1.807) is 0 Å². The number of hydrogen-bond donors (Lipinski definition) is 4. The summed E-state index contributed by atoms with van der Waals surface area (Å²) in [5.41, 5.74) is -3.46. The molecule has 2 unspecified atom stereocenters. The Kier molecular flexibility index (Phi) is 5.49. The molecule has 8 heteroatoms. The van der Waals surface area contributed by atoms with E-state index >= 15 is 0 Å². The second-order valence-electron chi connectivity index (χ2n) is 6.07. The highest BCUT2D eigenvalue weighted by Gasteiger charge is 2.49. The van der Waals surface area contributed by atoms with Crippen LogP contribution in [0.3, 0.4) is 0 Å². The lowest BCUT2D eigenvalue weighted by Crippen LogP contribution is -2.44. The molecule has 0 saturated heterocycles. The van der Waals surface area contributed by atoms with E-state index < -0.39 is 53.0 Å². The van der Waals surface area contributed by atoms with Crippen molar-refractivity contribution >= 4 is 23.9 Å². The van der Waals surface area contributed by atoms with Gasteiger partial charge in [0.2, 0.25) is 0 Å². The molecule has 120 valence electrons. The fourth-order valence-corrected chi connectivity index (χ4v) is 1.94. The minimum atomic E-state index is -1.73. The Bertz CT molecular complexity index is 421. The topological polar surface area (TPSA) is 149 Å². The molecule has 2 atom stereocenters. The molecule has 0 fully saturated rings. The van der Waals surface area contributed by atoms with Gasteiger partial charge in [-0.2, -0.15) is 0 Å². The first-order chi connectivity index (χ1) is 9.26. The zero-order valence-corrected chi connectivity index (χ0v) is 12.3. The standard InChI is InChI=1S/C13H20O8/c1-12(2,10(18)19)6(8(14)15)5-7(9(16)17)13(3,4)11(20)21/h6-7H,5H2,1-4H3,(H,14,15)(H,16,17)(H,18,19)(H,20,21). The fraction of sp³-hybridized carbons (Fsp3) is 0.692. The third-order valence-corrected chi connectivity index (χ3v) is 3.91. The number of carboxylic acid groups (broad SMARTS) is 4. The molecule has 8 nitrogen and oxygen atoms in total. The summed E-state index contributed by atoms with van der Waals surface area (Å²) in [6.07, 6.45) is -0.594. The number of rotatable bonds is 8. The summed E-state index contributed by atoms with van der Waals surface area (Å²) >= 11 is 0. The SMILES string of the molecule is CC(C)(C(=O)O)C(CC(C(=O)O)C(C)(C)C(=O)O)C(=O)O. The van der Waals surface area contributed by atoms with Gasteiger partial charge in [-0.15, -0.1) is 0 Å². The van der Waals surface area contributed by atoms with Crippen LogP contribution in [0.2, 0.25) is 0 Å². The first kappa shape index (κ1) is 18.9. The van der Waals surface area contributed by atoms with Crippen LogP contribution in [0, 0.1) is 22.7 Å². The summed E-state index contributed by atoms with van der Waals surface area (Å²) in [7, 11) is 0. The largest absolute Gasteiger partial charge is 0.481 e. The van der Waals surface area contributed by atoms with Crippen molar-refractivity contribution in [2.24, 2.45) is 22.7 Å². The number of hydrogen-bond acceptors (Lipinski definition) is 4. The fourth-order valence-electron chi connectivity index (χ4n) is 1.94. The van der Waals surface area contributed by atoms with Crippen LogP contribution < -0.4 is 0 Å². The summed E-state index contributed by atoms with van der Waals surface area (Å²) in [6, 6.07) is 0. The van der Waals surface area contributed by atoms with E-state index in [4.69, 9.17) is 10.2 Å². The third kappa shape index (κ3) is 3.93. The van der Waals surface area contributed by atoms with Crippen LogP contribution >= 0.6 is 0 Å². The van der Waals surface area contributed by atoms with Gasteiger partial charge in [-0.05, 0) is 34.1 Å². The van der Waals surface area contributed by atoms with Crippen molar-refractivity contribution in [3.05, 3.63) is 0 Å². The Labute approximate surface area is 121 Å². The average Bonchev–Trinajstić information content (AvgIpc) is 2.26. The van der Waals surface area contributed by atoms with E-state index in [9.17, 15) is 29.4 Å². The third-order valence-electron chi connectivity index (χ3n) is 3.91. The van der Waals surface area contributed by atoms with E-state index in [2.05, 4.69) is 0 Å². The molecule has 0 bridgehead atoms. The number of carbonyl (C=O) groups is 4. The molecule has 0 spiro atoms. The van der Waals surface area contributed by atoms with E-state index in [0.29, 0.717) is 0 Å². The molecule has 0 aromatic heterocycles. The first-order valence-electron chi connectivity index (χ1n) is 6.18. The molecule has 0 aromatic carbocycles. The predicted molar refractivity (Wildman–Crippen MR) is 69.7 cm³/mol. The lowest BCUT2D eigenvalue weighted by molar-refractivity contribution is -0.167. The van der Waals surface area contributed by atoms with Crippen molar-refractivity contribution in [1.29, 1.82) is 0 Å². The molecule has 0 aliphatic rings. The van der Waals surface area contributed by atoms with Gasteiger partial charge in [0.15, 0.2) is 0 Å². The predicted octanol–water partition coefficient (Wildman–Crippen LogP) is 1.000. The molecule has 0 aliphatic heterocycles. The molecule has 0 rings (SSSR count). The maximum atomic E-state index is 11.3. The Morgan fingerprint density at radius 3 is 1.10 bits per heavy atom. The van der Waals surface area contributed by atoms with Crippen LogP contribution in [0.15, 0.2) is 0 Å². The Morgan fingerprint density at radius 1 is 0.714 bits per heavy atom. The smallest absolute Gasteiger partial charge is 0.309 e. The van der Waals surface area contributed by atoms with Gasteiger partial charge in [0.1, 0.15) is 0 Å². The molecule has 0 aliphatic carbocycles. The van der Waals surface area contributed by atoms with Crippen LogP contribution in [0.5, 0.6) is 0 Å². The second kappa shape index (κ2) is 6.11.